The van der Waals surface area contributed by atoms with Crippen molar-refractivity contribution >= 4 is 0 Å². The SMILES string of the molecule is O=c1cccc2n1C[C@]1(O)CCC[N+]3([O-])CCC[C@H]2[C@H]13. The number of nitrogens with zero attached hydrogens (tertiary/aromatic N) is 2. The van der Waals surface area contributed by atoms with Gasteiger partial charge in [-0.05, 0) is 31.7 Å². The second kappa shape index (κ2) is 3.93. The third-order valence-electron chi connectivity index (χ3n) is 5.53. The summed E-state index contributed by atoms with van der Waals surface area (Å²) >= 11 is 0. The number of pyridine rings is 1. The van der Waals surface area contributed by atoms with E-state index in [1.54, 1.807) is 10.6 Å². The van der Waals surface area contributed by atoms with Gasteiger partial charge in [0.2, 0.25) is 0 Å². The van der Waals surface area contributed by atoms with Crippen LogP contribution in [0, 0.1) is 5.21 Å². The minimum absolute atomic E-state index is 0.0224. The van der Waals surface area contributed by atoms with Crippen LogP contribution in [0.3, 0.4) is 0 Å². The zero-order valence-corrected chi connectivity index (χ0v) is 11.5. The first-order valence-electron chi connectivity index (χ1n) is 7.53. The molecule has 1 aromatic rings. The molecule has 0 aliphatic carbocycles. The zero-order chi connectivity index (χ0) is 14.0. The van der Waals surface area contributed by atoms with Gasteiger partial charge in [-0.3, -0.25) is 4.79 Å². The third kappa shape index (κ3) is 1.51. The van der Waals surface area contributed by atoms with E-state index in [1.807, 2.05) is 6.07 Å². The first kappa shape index (κ1) is 12.6. The summed E-state index contributed by atoms with van der Waals surface area (Å²) in [4.78, 5) is 12.1. The summed E-state index contributed by atoms with van der Waals surface area (Å²) in [5.74, 6) is 0.0224. The number of aromatic nitrogens is 1. The normalized spacial score (nSPS) is 42.7. The molecule has 2 fully saturated rings. The Morgan fingerprint density at radius 2 is 2.15 bits per heavy atom. The number of quaternary nitrogens is 1. The maximum absolute atomic E-state index is 13.1. The van der Waals surface area contributed by atoms with E-state index in [4.69, 9.17) is 0 Å². The van der Waals surface area contributed by atoms with Gasteiger partial charge in [0.05, 0.1) is 25.6 Å². The van der Waals surface area contributed by atoms with E-state index in [9.17, 15) is 15.1 Å². The molecule has 0 radical (unpaired) electrons. The number of fused-ring (bicyclic) bond motifs is 2. The van der Waals surface area contributed by atoms with E-state index in [0.29, 0.717) is 19.5 Å². The maximum atomic E-state index is 13.1. The molecule has 4 rings (SSSR count). The van der Waals surface area contributed by atoms with Crippen molar-refractivity contribution in [1.29, 1.82) is 0 Å². The van der Waals surface area contributed by atoms with Gasteiger partial charge in [0, 0.05) is 11.8 Å². The van der Waals surface area contributed by atoms with Gasteiger partial charge < -0.3 is 19.5 Å². The lowest BCUT2D eigenvalue weighted by Gasteiger charge is -2.63. The highest BCUT2D eigenvalue weighted by Crippen LogP contribution is 2.49. The lowest BCUT2D eigenvalue weighted by molar-refractivity contribution is -0.926. The van der Waals surface area contributed by atoms with Crippen molar-refractivity contribution in [2.45, 2.75) is 49.8 Å². The highest BCUT2D eigenvalue weighted by atomic mass is 16.6. The van der Waals surface area contributed by atoms with Crippen LogP contribution >= 0.6 is 0 Å². The minimum atomic E-state index is -1.01. The van der Waals surface area contributed by atoms with Crippen LogP contribution < -0.4 is 5.56 Å². The molecule has 20 heavy (non-hydrogen) atoms. The Morgan fingerprint density at radius 3 is 3.00 bits per heavy atom. The molecule has 0 saturated carbocycles. The van der Waals surface area contributed by atoms with Crippen LogP contribution in [0.2, 0.25) is 0 Å². The van der Waals surface area contributed by atoms with Crippen molar-refractivity contribution in [3.63, 3.8) is 0 Å². The number of hydrogen-bond donors (Lipinski definition) is 1. The molecule has 5 heteroatoms. The van der Waals surface area contributed by atoms with Crippen LogP contribution in [0.5, 0.6) is 0 Å². The maximum Gasteiger partial charge on any atom is 0.250 e. The minimum Gasteiger partial charge on any atom is -0.632 e. The first-order valence-corrected chi connectivity index (χ1v) is 7.53. The van der Waals surface area contributed by atoms with E-state index >= 15 is 0 Å². The van der Waals surface area contributed by atoms with E-state index in [-0.39, 0.29) is 28.7 Å². The molecule has 2 saturated heterocycles. The Labute approximate surface area is 117 Å². The van der Waals surface area contributed by atoms with Gasteiger partial charge in [-0.15, -0.1) is 0 Å². The highest BCUT2D eigenvalue weighted by molar-refractivity contribution is 5.21. The number of hydrogen-bond acceptors (Lipinski definition) is 3. The molecule has 3 aliphatic rings. The quantitative estimate of drug-likeness (QED) is 0.566. The fourth-order valence-corrected chi connectivity index (χ4v) is 4.85. The molecule has 1 unspecified atom stereocenters. The zero-order valence-electron chi connectivity index (χ0n) is 11.5. The molecule has 0 spiro atoms. The van der Waals surface area contributed by atoms with Crippen molar-refractivity contribution in [2.75, 3.05) is 13.1 Å². The predicted molar refractivity (Wildman–Crippen MR) is 74.0 cm³/mol. The second-order valence-corrected chi connectivity index (χ2v) is 6.68. The van der Waals surface area contributed by atoms with Gasteiger partial charge in [0.1, 0.15) is 11.6 Å². The second-order valence-electron chi connectivity index (χ2n) is 6.68. The number of aliphatic hydroxyl groups is 1. The summed E-state index contributed by atoms with van der Waals surface area (Å²) in [7, 11) is 0. The van der Waals surface area contributed by atoms with Crippen LogP contribution in [0.4, 0.5) is 0 Å². The van der Waals surface area contributed by atoms with E-state index < -0.39 is 5.60 Å². The molecule has 5 nitrogen and oxygen atoms in total. The molecule has 1 N–H and O–H groups in total. The fourth-order valence-electron chi connectivity index (χ4n) is 4.85. The average Bonchev–Trinajstić information content (AvgIpc) is 2.39. The van der Waals surface area contributed by atoms with Crippen LogP contribution in [0.25, 0.3) is 0 Å². The first-order chi connectivity index (χ1) is 9.54. The van der Waals surface area contributed by atoms with Gasteiger partial charge in [0.25, 0.3) is 5.56 Å². The van der Waals surface area contributed by atoms with Gasteiger partial charge in [-0.25, -0.2) is 0 Å². The Kier molecular flexibility index (Phi) is 2.47. The summed E-state index contributed by atoms with van der Waals surface area (Å²) in [6.07, 6.45) is 3.17. The highest BCUT2D eigenvalue weighted by Gasteiger charge is 2.58. The van der Waals surface area contributed by atoms with Crippen molar-refractivity contribution in [2.24, 2.45) is 0 Å². The molecule has 3 aliphatic heterocycles. The van der Waals surface area contributed by atoms with Gasteiger partial charge in [0.15, 0.2) is 0 Å². The van der Waals surface area contributed by atoms with Gasteiger partial charge >= 0.3 is 0 Å². The summed E-state index contributed by atoms with van der Waals surface area (Å²) < 4.78 is 1.44. The molecule has 0 bridgehead atoms. The fraction of sp³-hybridized carbons (Fsp3) is 0.667. The van der Waals surface area contributed by atoms with Crippen molar-refractivity contribution in [1.82, 2.24) is 4.57 Å². The van der Waals surface area contributed by atoms with Crippen LogP contribution in [-0.4, -0.2) is 39.1 Å². The third-order valence-corrected chi connectivity index (χ3v) is 5.53. The topological polar surface area (TPSA) is 65.3 Å². The molecule has 108 valence electrons. The Bertz CT molecular complexity index is 609. The molecule has 4 heterocycles. The van der Waals surface area contributed by atoms with Crippen LogP contribution in [-0.2, 0) is 6.54 Å². The average molecular weight is 276 g/mol. The van der Waals surface area contributed by atoms with E-state index in [0.717, 1.165) is 25.0 Å². The molecular formula is C15H20N2O3. The van der Waals surface area contributed by atoms with Gasteiger partial charge in [-0.1, -0.05) is 6.07 Å². The van der Waals surface area contributed by atoms with Crippen molar-refractivity contribution in [3.8, 4) is 0 Å². The Hall–Kier alpha value is -1.17. The lowest BCUT2D eigenvalue weighted by atomic mass is 9.69. The largest absolute Gasteiger partial charge is 0.632 e. The molecule has 0 aromatic carbocycles. The summed E-state index contributed by atoms with van der Waals surface area (Å²) in [6.45, 7) is 1.51. The van der Waals surface area contributed by atoms with Crippen LogP contribution in [0.1, 0.15) is 37.3 Å². The molecule has 4 atom stereocenters. The number of hydroxylamine groups is 3. The lowest BCUT2D eigenvalue weighted by Crippen LogP contribution is -2.72. The Morgan fingerprint density at radius 1 is 1.35 bits per heavy atom. The van der Waals surface area contributed by atoms with E-state index in [2.05, 4.69) is 0 Å². The summed E-state index contributed by atoms with van der Waals surface area (Å²) in [5.41, 5.74) is -0.120. The monoisotopic (exact) mass is 276 g/mol. The number of piperidine rings is 2. The Balaban J connectivity index is 1.93. The summed E-state index contributed by atoms with van der Waals surface area (Å²) in [5, 5.41) is 24.2. The van der Waals surface area contributed by atoms with Crippen LogP contribution in [0.15, 0.2) is 23.0 Å². The molecule has 1 aromatic heterocycles. The molecule has 0 amide bonds. The summed E-state index contributed by atoms with van der Waals surface area (Å²) in [6, 6.07) is 4.98. The van der Waals surface area contributed by atoms with Crippen molar-refractivity contribution in [3.05, 3.63) is 39.5 Å². The number of rotatable bonds is 0. The van der Waals surface area contributed by atoms with Gasteiger partial charge in [-0.2, -0.15) is 0 Å². The molecular weight excluding hydrogens is 256 g/mol. The van der Waals surface area contributed by atoms with Crippen molar-refractivity contribution < 1.29 is 9.75 Å². The van der Waals surface area contributed by atoms with E-state index in [1.165, 1.54) is 6.07 Å². The smallest absolute Gasteiger partial charge is 0.250 e. The predicted octanol–water partition coefficient (Wildman–Crippen LogP) is 0.947. The standard InChI is InChI=1S/C15H20N2O3/c18-13-6-1-5-12-11-4-2-8-17(20)9-3-7-15(19,14(11)17)10-16(12)13/h1,5-6,11,14,19H,2-4,7-10H2/t11-,14-,15-,17?/m1/s1.